The Morgan fingerprint density at radius 3 is 2.65 bits per heavy atom. The summed E-state index contributed by atoms with van der Waals surface area (Å²) in [6, 6.07) is 3.02. The Morgan fingerprint density at radius 1 is 1.53 bits per heavy atom. The van der Waals surface area contributed by atoms with E-state index < -0.39 is 0 Å². The fraction of sp³-hybridized carbons (Fsp3) is 0.385. The maximum absolute atomic E-state index is 12.1. The van der Waals surface area contributed by atoms with Gasteiger partial charge < -0.3 is 9.47 Å². The second kappa shape index (κ2) is 5.48. The lowest BCUT2D eigenvalue weighted by Crippen LogP contribution is -2.33. The predicted molar refractivity (Wildman–Crippen MR) is 68.1 cm³/mol. The summed E-state index contributed by atoms with van der Waals surface area (Å²) in [6.45, 7) is 8.69. The van der Waals surface area contributed by atoms with E-state index in [0.29, 0.717) is 18.7 Å². The second-order valence-electron chi connectivity index (χ2n) is 4.14. The Morgan fingerprint density at radius 2 is 2.18 bits per heavy atom. The molecule has 1 amide bonds. The molecule has 4 nitrogen and oxygen atoms in total. The van der Waals surface area contributed by atoms with Crippen molar-refractivity contribution in [3.8, 4) is 0 Å². The minimum Gasteiger partial charge on any atom is -0.335 e. The van der Waals surface area contributed by atoms with E-state index in [2.05, 4.69) is 6.58 Å². The number of aromatic nitrogens is 1. The number of amides is 1. The molecule has 0 unspecified atom stereocenters. The van der Waals surface area contributed by atoms with Gasteiger partial charge in [-0.3, -0.25) is 9.59 Å². The molecule has 1 rings (SSSR count). The summed E-state index contributed by atoms with van der Waals surface area (Å²) in [5.74, 6) is -0.131. The molecule has 17 heavy (non-hydrogen) atoms. The number of aryl methyl sites for hydroxylation is 1. The van der Waals surface area contributed by atoms with Crippen molar-refractivity contribution in [3.63, 3.8) is 0 Å². The number of carbonyl (C=O) groups excluding carboxylic acids is 1. The summed E-state index contributed by atoms with van der Waals surface area (Å²) in [7, 11) is 1.65. The zero-order valence-corrected chi connectivity index (χ0v) is 10.6. The van der Waals surface area contributed by atoms with Crippen LogP contribution in [0.3, 0.4) is 0 Å². The van der Waals surface area contributed by atoms with Gasteiger partial charge in [0.15, 0.2) is 0 Å². The van der Waals surface area contributed by atoms with Crippen LogP contribution < -0.4 is 5.56 Å². The number of pyridine rings is 1. The van der Waals surface area contributed by atoms with Gasteiger partial charge in [0.2, 0.25) is 0 Å². The summed E-state index contributed by atoms with van der Waals surface area (Å²) >= 11 is 0. The van der Waals surface area contributed by atoms with Crippen LogP contribution in [-0.4, -0.2) is 28.5 Å². The third-order valence-corrected chi connectivity index (χ3v) is 2.48. The fourth-order valence-electron chi connectivity index (χ4n) is 1.52. The predicted octanol–water partition coefficient (Wildman–Crippen LogP) is 1.42. The quantitative estimate of drug-likeness (QED) is 0.739. The van der Waals surface area contributed by atoms with Crippen molar-refractivity contribution in [2.24, 2.45) is 7.05 Å². The third-order valence-electron chi connectivity index (χ3n) is 2.48. The standard InChI is InChI=1S/C13H18N2O2/c1-5-15(9-10(2)3)13(17)11-6-7-14(4)12(16)8-11/h6-8H,2,5,9H2,1,3-4H3. The van der Waals surface area contributed by atoms with Gasteiger partial charge in [0.1, 0.15) is 0 Å². The van der Waals surface area contributed by atoms with Crippen LogP contribution in [0.2, 0.25) is 0 Å². The van der Waals surface area contributed by atoms with Crippen LogP contribution in [0.1, 0.15) is 24.2 Å². The van der Waals surface area contributed by atoms with E-state index in [0.717, 1.165) is 5.57 Å². The monoisotopic (exact) mass is 234 g/mol. The van der Waals surface area contributed by atoms with E-state index >= 15 is 0 Å². The first-order valence-corrected chi connectivity index (χ1v) is 5.56. The average Bonchev–Trinajstić information content (AvgIpc) is 2.28. The number of rotatable bonds is 4. The van der Waals surface area contributed by atoms with E-state index in [4.69, 9.17) is 0 Å². The van der Waals surface area contributed by atoms with Gasteiger partial charge in [-0.1, -0.05) is 12.2 Å². The van der Waals surface area contributed by atoms with E-state index in [9.17, 15) is 9.59 Å². The van der Waals surface area contributed by atoms with Crippen LogP contribution in [-0.2, 0) is 7.05 Å². The smallest absolute Gasteiger partial charge is 0.254 e. The highest BCUT2D eigenvalue weighted by Gasteiger charge is 2.14. The maximum Gasteiger partial charge on any atom is 0.254 e. The van der Waals surface area contributed by atoms with Gasteiger partial charge >= 0.3 is 0 Å². The molecule has 0 bridgehead atoms. The van der Waals surface area contributed by atoms with Gasteiger partial charge in [0, 0.05) is 38.0 Å². The van der Waals surface area contributed by atoms with Crippen molar-refractivity contribution in [2.75, 3.05) is 13.1 Å². The first kappa shape index (κ1) is 13.2. The largest absolute Gasteiger partial charge is 0.335 e. The molecule has 1 aromatic rings. The fourth-order valence-corrected chi connectivity index (χ4v) is 1.52. The molecule has 0 atom stereocenters. The highest BCUT2D eigenvalue weighted by molar-refractivity contribution is 5.94. The first-order valence-electron chi connectivity index (χ1n) is 5.56. The van der Waals surface area contributed by atoms with Gasteiger partial charge in [0.25, 0.3) is 11.5 Å². The van der Waals surface area contributed by atoms with Crippen molar-refractivity contribution in [3.05, 3.63) is 46.4 Å². The minimum atomic E-state index is -0.178. The molecule has 4 heteroatoms. The molecule has 0 radical (unpaired) electrons. The third kappa shape index (κ3) is 3.31. The number of hydrogen-bond donors (Lipinski definition) is 0. The Bertz CT molecular complexity index is 488. The molecule has 0 aromatic carbocycles. The molecule has 1 aromatic heterocycles. The van der Waals surface area contributed by atoms with Gasteiger partial charge in [-0.25, -0.2) is 0 Å². The maximum atomic E-state index is 12.1. The van der Waals surface area contributed by atoms with Crippen LogP contribution in [0.25, 0.3) is 0 Å². The van der Waals surface area contributed by atoms with Gasteiger partial charge in [0.05, 0.1) is 0 Å². The molecule has 0 spiro atoms. The Labute approximate surface area is 101 Å². The van der Waals surface area contributed by atoms with Crippen LogP contribution in [0.15, 0.2) is 35.3 Å². The molecule has 0 saturated heterocycles. The summed E-state index contributed by atoms with van der Waals surface area (Å²) in [5.41, 5.74) is 1.17. The highest BCUT2D eigenvalue weighted by Crippen LogP contribution is 2.04. The van der Waals surface area contributed by atoms with Crippen LogP contribution >= 0.6 is 0 Å². The molecule has 0 fully saturated rings. The first-order chi connectivity index (χ1) is 7.95. The van der Waals surface area contributed by atoms with E-state index in [1.54, 1.807) is 24.2 Å². The lowest BCUT2D eigenvalue weighted by atomic mass is 10.2. The Balaban J connectivity index is 2.97. The van der Waals surface area contributed by atoms with Crippen molar-refractivity contribution >= 4 is 5.91 Å². The summed E-state index contributed by atoms with van der Waals surface area (Å²) in [4.78, 5) is 25.2. The van der Waals surface area contributed by atoms with Crippen molar-refractivity contribution in [2.45, 2.75) is 13.8 Å². The number of hydrogen-bond acceptors (Lipinski definition) is 2. The van der Waals surface area contributed by atoms with Crippen molar-refractivity contribution < 1.29 is 4.79 Å². The highest BCUT2D eigenvalue weighted by atomic mass is 16.2. The van der Waals surface area contributed by atoms with Crippen LogP contribution in [0.5, 0.6) is 0 Å². The molecular formula is C13H18N2O2. The summed E-state index contributed by atoms with van der Waals surface area (Å²) in [6.07, 6.45) is 1.60. The number of likely N-dealkylation sites (N-methyl/N-ethyl adjacent to an activating group) is 1. The lowest BCUT2D eigenvalue weighted by Gasteiger charge is -2.20. The van der Waals surface area contributed by atoms with E-state index in [1.807, 2.05) is 13.8 Å². The summed E-state index contributed by atoms with van der Waals surface area (Å²) < 4.78 is 1.44. The van der Waals surface area contributed by atoms with E-state index in [-0.39, 0.29) is 11.5 Å². The SMILES string of the molecule is C=C(C)CN(CC)C(=O)c1ccn(C)c(=O)c1. The van der Waals surface area contributed by atoms with Crippen molar-refractivity contribution in [1.29, 1.82) is 0 Å². The zero-order chi connectivity index (χ0) is 13.0. The molecule has 0 aliphatic heterocycles. The van der Waals surface area contributed by atoms with Gasteiger partial charge in [-0.05, 0) is 19.9 Å². The normalized spacial score (nSPS) is 10.1. The Hall–Kier alpha value is -1.84. The number of nitrogens with zero attached hydrogens (tertiary/aromatic N) is 2. The molecular weight excluding hydrogens is 216 g/mol. The molecule has 1 heterocycles. The number of carbonyl (C=O) groups is 1. The molecule has 0 N–H and O–H groups in total. The van der Waals surface area contributed by atoms with Crippen LogP contribution in [0.4, 0.5) is 0 Å². The Kier molecular flexibility index (Phi) is 4.26. The minimum absolute atomic E-state index is 0.131. The van der Waals surface area contributed by atoms with Crippen LogP contribution in [0, 0.1) is 0 Å². The summed E-state index contributed by atoms with van der Waals surface area (Å²) in [5, 5.41) is 0. The molecule has 0 aliphatic rings. The second-order valence-corrected chi connectivity index (χ2v) is 4.14. The average molecular weight is 234 g/mol. The molecule has 0 aliphatic carbocycles. The van der Waals surface area contributed by atoms with Gasteiger partial charge in [-0.15, -0.1) is 0 Å². The van der Waals surface area contributed by atoms with E-state index in [1.165, 1.54) is 10.6 Å². The molecule has 92 valence electrons. The van der Waals surface area contributed by atoms with Crippen molar-refractivity contribution in [1.82, 2.24) is 9.47 Å². The zero-order valence-electron chi connectivity index (χ0n) is 10.6. The van der Waals surface area contributed by atoms with Gasteiger partial charge in [-0.2, -0.15) is 0 Å². The topological polar surface area (TPSA) is 42.3 Å². The molecule has 0 saturated carbocycles. The lowest BCUT2D eigenvalue weighted by molar-refractivity contribution is 0.0778.